The van der Waals surface area contributed by atoms with Gasteiger partial charge in [-0.05, 0) is 42.4 Å². The Morgan fingerprint density at radius 3 is 2.86 bits per heavy atom. The molecule has 0 saturated carbocycles. The fraction of sp³-hybridized carbons (Fsp3) is 0.357. The number of thioether (sulfide) groups is 1. The van der Waals surface area contributed by atoms with Crippen molar-refractivity contribution in [2.75, 3.05) is 11.5 Å². The Morgan fingerprint density at radius 1 is 1.48 bits per heavy atom. The van der Waals surface area contributed by atoms with Gasteiger partial charge in [-0.1, -0.05) is 12.1 Å². The summed E-state index contributed by atoms with van der Waals surface area (Å²) in [5.41, 5.74) is 1.18. The van der Waals surface area contributed by atoms with Crippen molar-refractivity contribution < 1.29 is 18.3 Å². The number of nitrogens with one attached hydrogen (secondary N) is 1. The first-order chi connectivity index (χ1) is 9.88. The second-order valence-corrected chi connectivity index (χ2v) is 7.71. The molecule has 5 nitrogen and oxygen atoms in total. The van der Waals surface area contributed by atoms with Gasteiger partial charge in [-0.25, -0.2) is 17.9 Å². The van der Waals surface area contributed by atoms with E-state index in [0.717, 1.165) is 24.0 Å². The van der Waals surface area contributed by atoms with Crippen LogP contribution >= 0.6 is 11.8 Å². The van der Waals surface area contributed by atoms with Crippen LogP contribution in [-0.2, 0) is 14.8 Å². The zero-order chi connectivity index (χ0) is 15.5. The van der Waals surface area contributed by atoms with Crippen LogP contribution in [0.3, 0.4) is 0 Å². The van der Waals surface area contributed by atoms with Crippen LogP contribution in [0.15, 0.2) is 29.2 Å². The third-order valence-electron chi connectivity index (χ3n) is 3.17. The van der Waals surface area contributed by atoms with E-state index in [4.69, 9.17) is 5.11 Å². The topological polar surface area (TPSA) is 83.5 Å². The lowest BCUT2D eigenvalue weighted by molar-refractivity contribution is -0.131. The average molecular weight is 327 g/mol. The predicted octanol–water partition coefficient (Wildman–Crippen LogP) is 1.88. The summed E-state index contributed by atoms with van der Waals surface area (Å²) in [6, 6.07) is 4.84. The summed E-state index contributed by atoms with van der Waals surface area (Å²) in [6.07, 6.45) is 3.20. The number of sulfonamides is 1. The third-order valence-corrected chi connectivity index (χ3v) is 6.00. The molecule has 1 unspecified atom stereocenters. The normalized spacial score (nSPS) is 19.2. The number of carboxylic acids is 1. The Balaban J connectivity index is 2.28. The minimum atomic E-state index is -3.58. The lowest BCUT2D eigenvalue weighted by Crippen LogP contribution is -2.35. The molecular formula is C14H17NO4S2. The number of aryl methyl sites for hydroxylation is 1. The summed E-state index contributed by atoms with van der Waals surface area (Å²) in [5.74, 6) is 0.686. The molecule has 1 aromatic rings. The minimum Gasteiger partial charge on any atom is -0.478 e. The zero-order valence-electron chi connectivity index (χ0n) is 11.6. The second-order valence-electron chi connectivity index (χ2n) is 4.88. The van der Waals surface area contributed by atoms with Crippen LogP contribution in [0.4, 0.5) is 0 Å². The predicted molar refractivity (Wildman–Crippen MR) is 83.9 cm³/mol. The second kappa shape index (κ2) is 6.64. The fourth-order valence-electron chi connectivity index (χ4n) is 2.09. The first kappa shape index (κ1) is 16.1. The number of hydrogen-bond acceptors (Lipinski definition) is 4. The number of benzene rings is 1. The molecular weight excluding hydrogens is 310 g/mol. The van der Waals surface area contributed by atoms with Crippen molar-refractivity contribution >= 4 is 33.8 Å². The van der Waals surface area contributed by atoms with Crippen molar-refractivity contribution in [1.82, 2.24) is 4.72 Å². The molecule has 0 aromatic heterocycles. The van der Waals surface area contributed by atoms with Crippen LogP contribution in [0.25, 0.3) is 6.08 Å². The number of carbonyl (C=O) groups is 1. The van der Waals surface area contributed by atoms with Gasteiger partial charge >= 0.3 is 5.97 Å². The fourth-order valence-corrected chi connectivity index (χ4v) is 4.90. The van der Waals surface area contributed by atoms with E-state index in [1.807, 2.05) is 0 Å². The quantitative estimate of drug-likeness (QED) is 0.807. The summed E-state index contributed by atoms with van der Waals surface area (Å²) < 4.78 is 27.6. The van der Waals surface area contributed by atoms with E-state index in [1.165, 1.54) is 12.1 Å². The lowest BCUT2D eigenvalue weighted by atomic mass is 10.1. The molecule has 2 N–H and O–H groups in total. The van der Waals surface area contributed by atoms with Crippen molar-refractivity contribution in [2.24, 2.45) is 0 Å². The van der Waals surface area contributed by atoms with E-state index in [-0.39, 0.29) is 10.9 Å². The van der Waals surface area contributed by atoms with E-state index >= 15 is 0 Å². The molecule has 1 atom stereocenters. The van der Waals surface area contributed by atoms with Crippen LogP contribution < -0.4 is 4.72 Å². The highest BCUT2D eigenvalue weighted by molar-refractivity contribution is 7.99. The zero-order valence-corrected chi connectivity index (χ0v) is 13.2. The van der Waals surface area contributed by atoms with Crippen molar-refractivity contribution in [3.63, 3.8) is 0 Å². The standard InChI is InChI=1S/C14H17NO4S2/c1-10-2-3-11(4-5-14(16)17)8-13(10)21(18,19)15-12-6-7-20-9-12/h2-5,8,12,15H,6-7,9H2,1H3,(H,16,17)/b5-4+. The first-order valence-electron chi connectivity index (χ1n) is 6.50. The van der Waals surface area contributed by atoms with Gasteiger partial charge in [0.25, 0.3) is 0 Å². The highest BCUT2D eigenvalue weighted by atomic mass is 32.2. The Kier molecular flexibility index (Phi) is 5.08. The molecule has 0 spiro atoms. The molecule has 0 aliphatic carbocycles. The maximum atomic E-state index is 12.4. The van der Waals surface area contributed by atoms with E-state index in [0.29, 0.717) is 11.1 Å². The molecule has 1 fully saturated rings. The molecule has 2 rings (SSSR count). The van der Waals surface area contributed by atoms with Gasteiger partial charge in [-0.2, -0.15) is 11.8 Å². The highest BCUT2D eigenvalue weighted by Gasteiger charge is 2.24. The van der Waals surface area contributed by atoms with Gasteiger partial charge < -0.3 is 5.11 Å². The van der Waals surface area contributed by atoms with Crippen molar-refractivity contribution in [3.8, 4) is 0 Å². The molecule has 114 valence electrons. The van der Waals surface area contributed by atoms with E-state index in [2.05, 4.69) is 4.72 Å². The molecule has 1 heterocycles. The number of carboxylic acid groups (broad SMARTS) is 1. The minimum absolute atomic E-state index is 0.0300. The summed E-state index contributed by atoms with van der Waals surface area (Å²) in [5, 5.41) is 8.63. The van der Waals surface area contributed by atoms with Gasteiger partial charge in [-0.15, -0.1) is 0 Å². The highest BCUT2D eigenvalue weighted by Crippen LogP contribution is 2.22. The van der Waals surface area contributed by atoms with E-state index in [9.17, 15) is 13.2 Å². The van der Waals surface area contributed by atoms with E-state index < -0.39 is 16.0 Å². The largest absolute Gasteiger partial charge is 0.478 e. The number of aliphatic carboxylic acids is 1. The molecule has 21 heavy (non-hydrogen) atoms. The molecule has 1 aliphatic heterocycles. The van der Waals surface area contributed by atoms with Crippen LogP contribution in [-0.4, -0.2) is 37.0 Å². The molecule has 1 saturated heterocycles. The van der Waals surface area contributed by atoms with Crippen molar-refractivity contribution in [2.45, 2.75) is 24.3 Å². The Hall–Kier alpha value is -1.31. The van der Waals surface area contributed by atoms with Gasteiger partial charge in [-0.3, -0.25) is 0 Å². The van der Waals surface area contributed by atoms with Gasteiger partial charge in [0.15, 0.2) is 0 Å². The van der Waals surface area contributed by atoms with Gasteiger partial charge in [0.2, 0.25) is 10.0 Å². The molecule has 1 aromatic carbocycles. The van der Waals surface area contributed by atoms with Gasteiger partial charge in [0, 0.05) is 17.9 Å². The first-order valence-corrected chi connectivity index (χ1v) is 9.14. The molecule has 0 amide bonds. The smallest absolute Gasteiger partial charge is 0.328 e. The van der Waals surface area contributed by atoms with E-state index in [1.54, 1.807) is 30.8 Å². The molecule has 0 radical (unpaired) electrons. The molecule has 7 heteroatoms. The Labute approximate surface area is 128 Å². The van der Waals surface area contributed by atoms with Crippen molar-refractivity contribution in [1.29, 1.82) is 0 Å². The van der Waals surface area contributed by atoms with Gasteiger partial charge in [0.05, 0.1) is 4.90 Å². The number of rotatable bonds is 5. The molecule has 1 aliphatic rings. The average Bonchev–Trinajstić information content (AvgIpc) is 2.89. The third kappa shape index (κ3) is 4.33. The van der Waals surface area contributed by atoms with Crippen LogP contribution in [0.1, 0.15) is 17.5 Å². The Morgan fingerprint density at radius 2 is 2.24 bits per heavy atom. The molecule has 0 bridgehead atoms. The maximum Gasteiger partial charge on any atom is 0.328 e. The maximum absolute atomic E-state index is 12.4. The monoisotopic (exact) mass is 327 g/mol. The summed E-state index contributed by atoms with van der Waals surface area (Å²) in [6.45, 7) is 1.72. The number of hydrogen-bond donors (Lipinski definition) is 2. The summed E-state index contributed by atoms with van der Waals surface area (Å²) in [4.78, 5) is 10.7. The van der Waals surface area contributed by atoms with Crippen LogP contribution in [0.5, 0.6) is 0 Å². The lowest BCUT2D eigenvalue weighted by Gasteiger charge is -2.14. The Bertz CT molecular complexity index is 662. The summed E-state index contributed by atoms with van der Waals surface area (Å²) in [7, 11) is -3.58. The van der Waals surface area contributed by atoms with Crippen molar-refractivity contribution in [3.05, 3.63) is 35.4 Å². The SMILES string of the molecule is Cc1ccc(/C=C/C(=O)O)cc1S(=O)(=O)NC1CCSC1. The van der Waals surface area contributed by atoms with Gasteiger partial charge in [0.1, 0.15) is 0 Å². The summed E-state index contributed by atoms with van der Waals surface area (Å²) >= 11 is 1.73. The van der Waals surface area contributed by atoms with Crippen LogP contribution in [0.2, 0.25) is 0 Å². The van der Waals surface area contributed by atoms with Crippen LogP contribution in [0, 0.1) is 6.92 Å².